The summed E-state index contributed by atoms with van der Waals surface area (Å²) < 4.78 is 27.7. The molecule has 0 saturated carbocycles. The maximum absolute atomic E-state index is 13.8. The van der Waals surface area contributed by atoms with Crippen LogP contribution in [0.3, 0.4) is 0 Å². The second-order valence-electron chi connectivity index (χ2n) is 3.83. The van der Waals surface area contributed by atoms with Gasteiger partial charge in [-0.1, -0.05) is 30.0 Å². The quantitative estimate of drug-likeness (QED) is 0.901. The first-order chi connectivity index (χ1) is 8.70. The number of hydrogen-bond acceptors (Lipinski definition) is 2. The van der Waals surface area contributed by atoms with E-state index in [-0.39, 0.29) is 4.90 Å². The van der Waals surface area contributed by atoms with E-state index in [1.807, 2.05) is 30.3 Å². The average Bonchev–Trinajstić information content (AvgIpc) is 2.36. The van der Waals surface area contributed by atoms with E-state index in [2.05, 4.69) is 5.32 Å². The highest BCUT2D eigenvalue weighted by atomic mass is 32.2. The van der Waals surface area contributed by atoms with Crippen molar-refractivity contribution in [3.63, 3.8) is 0 Å². The Morgan fingerprint density at radius 1 is 1.06 bits per heavy atom. The minimum Gasteiger partial charge on any atom is -0.316 e. The first-order valence-corrected chi connectivity index (χ1v) is 6.38. The lowest BCUT2D eigenvalue weighted by Gasteiger charge is -2.07. The molecule has 1 nitrogen and oxygen atoms in total. The Morgan fingerprint density at radius 3 is 2.22 bits per heavy atom. The normalized spacial score (nSPS) is 10.6. The molecule has 0 aliphatic rings. The van der Waals surface area contributed by atoms with Gasteiger partial charge in [0.15, 0.2) is 0 Å². The first kappa shape index (κ1) is 13.1. The number of hydrogen-bond donors (Lipinski definition) is 1. The molecule has 0 spiro atoms. The van der Waals surface area contributed by atoms with Crippen LogP contribution in [0.15, 0.2) is 52.3 Å². The molecule has 0 amide bonds. The summed E-state index contributed by atoms with van der Waals surface area (Å²) in [5, 5.41) is 2.87. The van der Waals surface area contributed by atoms with E-state index in [1.165, 1.54) is 12.1 Å². The Bertz CT molecular complexity index is 506. The van der Waals surface area contributed by atoms with E-state index in [0.29, 0.717) is 12.1 Å². The lowest BCUT2D eigenvalue weighted by atomic mass is 10.2. The van der Waals surface area contributed by atoms with E-state index >= 15 is 0 Å². The fraction of sp³-hybridized carbons (Fsp3) is 0.143. The molecular formula is C14H13F2NS. The molecule has 0 fully saturated rings. The summed E-state index contributed by atoms with van der Waals surface area (Å²) in [4.78, 5) is 0.859. The Hall–Kier alpha value is -1.39. The van der Waals surface area contributed by atoms with Gasteiger partial charge in [-0.3, -0.25) is 0 Å². The largest absolute Gasteiger partial charge is 0.316 e. The van der Waals surface area contributed by atoms with Crippen molar-refractivity contribution in [3.8, 4) is 0 Å². The van der Waals surface area contributed by atoms with Crippen LogP contribution in [-0.4, -0.2) is 7.05 Å². The van der Waals surface area contributed by atoms with Crippen LogP contribution in [0.5, 0.6) is 0 Å². The topological polar surface area (TPSA) is 12.0 Å². The van der Waals surface area contributed by atoms with Crippen LogP contribution >= 0.6 is 11.8 Å². The summed E-state index contributed by atoms with van der Waals surface area (Å²) in [7, 11) is 1.74. The van der Waals surface area contributed by atoms with E-state index in [0.717, 1.165) is 16.7 Å². The molecule has 0 atom stereocenters. The second-order valence-corrected chi connectivity index (χ2v) is 4.92. The summed E-state index contributed by atoms with van der Waals surface area (Å²) in [6.45, 7) is 0.449. The smallest absolute Gasteiger partial charge is 0.140 e. The molecule has 0 aromatic heterocycles. The zero-order chi connectivity index (χ0) is 13.0. The molecule has 0 heterocycles. The Labute approximate surface area is 109 Å². The van der Waals surface area contributed by atoms with E-state index < -0.39 is 11.6 Å². The summed E-state index contributed by atoms with van der Waals surface area (Å²) >= 11 is 1.10. The van der Waals surface area contributed by atoms with Crippen molar-refractivity contribution in [1.29, 1.82) is 0 Å². The molecule has 0 aliphatic carbocycles. The summed E-state index contributed by atoms with van der Waals surface area (Å²) in [6.07, 6.45) is 0. The number of benzene rings is 2. The van der Waals surface area contributed by atoms with Crippen molar-refractivity contribution in [2.75, 3.05) is 7.05 Å². The maximum Gasteiger partial charge on any atom is 0.140 e. The third-order valence-corrected chi connectivity index (χ3v) is 3.50. The lowest BCUT2D eigenvalue weighted by Crippen LogP contribution is -2.06. The highest BCUT2D eigenvalue weighted by molar-refractivity contribution is 7.99. The molecule has 2 rings (SSSR count). The number of rotatable bonds is 4. The van der Waals surface area contributed by atoms with Gasteiger partial charge in [0.2, 0.25) is 0 Å². The summed E-state index contributed by atoms with van der Waals surface area (Å²) in [5.74, 6) is -1.04. The van der Waals surface area contributed by atoms with Crippen LogP contribution in [0.25, 0.3) is 0 Å². The van der Waals surface area contributed by atoms with Crippen molar-refractivity contribution in [1.82, 2.24) is 5.32 Å². The highest BCUT2D eigenvalue weighted by Crippen LogP contribution is 2.32. The van der Waals surface area contributed by atoms with Crippen molar-refractivity contribution < 1.29 is 8.78 Å². The van der Waals surface area contributed by atoms with Gasteiger partial charge in [0.05, 0.1) is 4.90 Å². The predicted octanol–water partition coefficient (Wildman–Crippen LogP) is 3.84. The standard InChI is InChI=1S/C14H13F2NS/c1-17-9-10-7-12(15)14(13(16)8-10)18-11-5-3-2-4-6-11/h2-8,17H,9H2,1H3. The van der Waals surface area contributed by atoms with Crippen molar-refractivity contribution >= 4 is 11.8 Å². The Morgan fingerprint density at radius 2 is 1.67 bits per heavy atom. The third kappa shape index (κ3) is 3.09. The van der Waals surface area contributed by atoms with Gasteiger partial charge < -0.3 is 5.32 Å². The van der Waals surface area contributed by atoms with E-state index in [1.54, 1.807) is 7.05 Å². The molecule has 0 saturated heterocycles. The van der Waals surface area contributed by atoms with Crippen molar-refractivity contribution in [3.05, 3.63) is 59.7 Å². The zero-order valence-electron chi connectivity index (χ0n) is 9.91. The molecule has 0 unspecified atom stereocenters. The van der Waals surface area contributed by atoms with Gasteiger partial charge in [0.25, 0.3) is 0 Å². The molecule has 2 aromatic rings. The Balaban J connectivity index is 2.28. The lowest BCUT2D eigenvalue weighted by molar-refractivity contribution is 0.536. The molecule has 1 N–H and O–H groups in total. The van der Waals surface area contributed by atoms with Crippen LogP contribution in [0.4, 0.5) is 8.78 Å². The van der Waals surface area contributed by atoms with Gasteiger partial charge in [-0.05, 0) is 36.9 Å². The molecule has 94 valence electrons. The van der Waals surface area contributed by atoms with Gasteiger partial charge in [-0.2, -0.15) is 0 Å². The minimum absolute atomic E-state index is 0.0426. The second kappa shape index (κ2) is 5.98. The third-order valence-electron chi connectivity index (χ3n) is 2.40. The van der Waals surface area contributed by atoms with Crippen LogP contribution in [0.2, 0.25) is 0 Å². The molecule has 0 radical (unpaired) electrons. The van der Waals surface area contributed by atoms with Crippen LogP contribution in [0, 0.1) is 11.6 Å². The number of nitrogens with one attached hydrogen (secondary N) is 1. The molecule has 2 aromatic carbocycles. The van der Waals surface area contributed by atoms with E-state index in [4.69, 9.17) is 0 Å². The van der Waals surface area contributed by atoms with Gasteiger partial charge >= 0.3 is 0 Å². The molecule has 0 bridgehead atoms. The van der Waals surface area contributed by atoms with Gasteiger partial charge in [0.1, 0.15) is 11.6 Å². The zero-order valence-corrected chi connectivity index (χ0v) is 10.7. The molecular weight excluding hydrogens is 252 g/mol. The first-order valence-electron chi connectivity index (χ1n) is 5.56. The molecule has 0 aliphatic heterocycles. The monoisotopic (exact) mass is 265 g/mol. The van der Waals surface area contributed by atoms with E-state index in [9.17, 15) is 8.78 Å². The fourth-order valence-electron chi connectivity index (χ4n) is 1.62. The van der Waals surface area contributed by atoms with Gasteiger partial charge in [0, 0.05) is 11.4 Å². The average molecular weight is 265 g/mol. The van der Waals surface area contributed by atoms with Crippen molar-refractivity contribution in [2.24, 2.45) is 0 Å². The van der Waals surface area contributed by atoms with Gasteiger partial charge in [-0.15, -0.1) is 0 Å². The van der Waals surface area contributed by atoms with Gasteiger partial charge in [-0.25, -0.2) is 8.78 Å². The van der Waals surface area contributed by atoms with Crippen LogP contribution in [0.1, 0.15) is 5.56 Å². The van der Waals surface area contributed by atoms with Crippen LogP contribution < -0.4 is 5.32 Å². The summed E-state index contributed by atoms with van der Waals surface area (Å²) in [5.41, 5.74) is 0.602. The molecule has 4 heteroatoms. The molecule has 18 heavy (non-hydrogen) atoms. The predicted molar refractivity (Wildman–Crippen MR) is 69.7 cm³/mol. The highest BCUT2D eigenvalue weighted by Gasteiger charge is 2.12. The van der Waals surface area contributed by atoms with Crippen LogP contribution in [-0.2, 0) is 6.54 Å². The van der Waals surface area contributed by atoms with Crippen molar-refractivity contribution in [2.45, 2.75) is 16.3 Å². The summed E-state index contributed by atoms with van der Waals surface area (Å²) in [6, 6.07) is 11.9. The Kier molecular flexibility index (Phi) is 4.33. The minimum atomic E-state index is -0.519. The fourth-order valence-corrected chi connectivity index (χ4v) is 2.46. The SMILES string of the molecule is CNCc1cc(F)c(Sc2ccccc2)c(F)c1. The number of halogens is 2. The maximum atomic E-state index is 13.8.